The van der Waals surface area contributed by atoms with Crippen LogP contribution in [0.25, 0.3) is 21.8 Å². The average molecular weight is 381 g/mol. The molecule has 1 fully saturated rings. The first kappa shape index (κ1) is 15.9. The fourth-order valence-corrected chi connectivity index (χ4v) is 4.40. The van der Waals surface area contributed by atoms with Gasteiger partial charge in [-0.05, 0) is 18.2 Å². The molecule has 0 spiro atoms. The van der Waals surface area contributed by atoms with Crippen molar-refractivity contribution in [3.8, 4) is 21.8 Å². The molecule has 3 aromatic rings. The SMILES string of the molecule is Clc1ccc(-c2cc(N3CCOCC3)sc2-c2ncn[nH]2)c(Cl)c1. The molecule has 1 N–H and O–H groups in total. The van der Waals surface area contributed by atoms with Gasteiger partial charge in [-0.2, -0.15) is 5.10 Å². The lowest BCUT2D eigenvalue weighted by molar-refractivity contribution is 0.123. The third-order valence-corrected chi connectivity index (χ3v) is 5.64. The fourth-order valence-electron chi connectivity index (χ4n) is 2.72. The molecule has 0 aliphatic carbocycles. The Morgan fingerprint density at radius 2 is 1.96 bits per heavy atom. The van der Waals surface area contributed by atoms with Gasteiger partial charge in [0.05, 0.1) is 23.1 Å². The second-order valence-electron chi connectivity index (χ2n) is 5.39. The molecule has 1 saturated heterocycles. The molecular weight excluding hydrogens is 367 g/mol. The zero-order chi connectivity index (χ0) is 16.5. The van der Waals surface area contributed by atoms with Crippen molar-refractivity contribution < 1.29 is 4.74 Å². The van der Waals surface area contributed by atoms with Gasteiger partial charge in [0.25, 0.3) is 0 Å². The van der Waals surface area contributed by atoms with Crippen molar-refractivity contribution in [1.82, 2.24) is 15.2 Å². The third-order valence-electron chi connectivity index (χ3n) is 3.89. The number of hydrogen-bond donors (Lipinski definition) is 1. The second kappa shape index (κ2) is 6.72. The number of ether oxygens (including phenoxy) is 1. The Hall–Kier alpha value is -1.60. The van der Waals surface area contributed by atoms with Crippen molar-refractivity contribution in [2.45, 2.75) is 0 Å². The molecule has 3 heterocycles. The molecule has 2 aromatic heterocycles. The molecule has 24 heavy (non-hydrogen) atoms. The van der Waals surface area contributed by atoms with Gasteiger partial charge in [-0.3, -0.25) is 5.10 Å². The van der Waals surface area contributed by atoms with Crippen molar-refractivity contribution in [2.75, 3.05) is 31.2 Å². The van der Waals surface area contributed by atoms with Gasteiger partial charge in [-0.15, -0.1) is 11.3 Å². The summed E-state index contributed by atoms with van der Waals surface area (Å²) in [5, 5.41) is 9.33. The van der Waals surface area contributed by atoms with E-state index < -0.39 is 0 Å². The third kappa shape index (κ3) is 3.02. The van der Waals surface area contributed by atoms with E-state index in [1.807, 2.05) is 12.1 Å². The van der Waals surface area contributed by atoms with Gasteiger partial charge in [0, 0.05) is 34.3 Å². The van der Waals surface area contributed by atoms with Crippen LogP contribution in [0.3, 0.4) is 0 Å². The molecule has 0 amide bonds. The van der Waals surface area contributed by atoms with Crippen LogP contribution in [0.1, 0.15) is 0 Å². The Morgan fingerprint density at radius 1 is 1.12 bits per heavy atom. The van der Waals surface area contributed by atoms with Crippen molar-refractivity contribution >= 4 is 39.5 Å². The first-order chi connectivity index (χ1) is 11.7. The standard InChI is InChI=1S/C16H14Cl2N4OS/c17-10-1-2-11(13(18)7-10)12-8-14(22-3-5-23-6-4-22)24-15(12)16-19-9-20-21-16/h1-2,7-9H,3-6H2,(H,19,20,21). The van der Waals surface area contributed by atoms with Crippen molar-refractivity contribution in [3.63, 3.8) is 0 Å². The maximum atomic E-state index is 6.43. The number of H-pyrrole nitrogens is 1. The quantitative estimate of drug-likeness (QED) is 0.733. The predicted molar refractivity (Wildman–Crippen MR) is 98.2 cm³/mol. The minimum absolute atomic E-state index is 0.619. The Morgan fingerprint density at radius 3 is 2.67 bits per heavy atom. The average Bonchev–Trinajstić information content (AvgIpc) is 3.25. The van der Waals surface area contributed by atoms with E-state index in [1.54, 1.807) is 17.4 Å². The van der Waals surface area contributed by atoms with Crippen molar-refractivity contribution in [1.29, 1.82) is 0 Å². The van der Waals surface area contributed by atoms with Gasteiger partial charge in [0.15, 0.2) is 5.82 Å². The summed E-state index contributed by atoms with van der Waals surface area (Å²) in [7, 11) is 0. The Labute approximate surface area is 153 Å². The molecule has 1 aliphatic rings. The van der Waals surface area contributed by atoms with Crippen LogP contribution in [0.15, 0.2) is 30.6 Å². The highest BCUT2D eigenvalue weighted by Gasteiger charge is 2.21. The van der Waals surface area contributed by atoms with Gasteiger partial charge < -0.3 is 9.64 Å². The topological polar surface area (TPSA) is 54.0 Å². The summed E-state index contributed by atoms with van der Waals surface area (Å²) in [5.74, 6) is 0.737. The molecular formula is C16H14Cl2N4OS. The molecule has 0 saturated carbocycles. The number of halogens is 2. The lowest BCUT2D eigenvalue weighted by Crippen LogP contribution is -2.35. The predicted octanol–water partition coefficient (Wildman–Crippen LogP) is 4.34. The summed E-state index contributed by atoms with van der Waals surface area (Å²) in [6.45, 7) is 3.24. The molecule has 0 atom stereocenters. The number of thiophene rings is 1. The van der Waals surface area contributed by atoms with E-state index in [0.717, 1.165) is 48.1 Å². The highest BCUT2D eigenvalue weighted by molar-refractivity contribution is 7.20. The minimum atomic E-state index is 0.619. The number of aromatic nitrogens is 3. The number of anilines is 1. The number of nitrogens with zero attached hydrogens (tertiary/aromatic N) is 3. The number of hydrogen-bond acceptors (Lipinski definition) is 5. The maximum Gasteiger partial charge on any atom is 0.166 e. The van der Waals surface area contributed by atoms with Crippen LogP contribution in [0.2, 0.25) is 10.0 Å². The van der Waals surface area contributed by atoms with Crippen LogP contribution in [0.5, 0.6) is 0 Å². The summed E-state index contributed by atoms with van der Waals surface area (Å²) < 4.78 is 5.45. The minimum Gasteiger partial charge on any atom is -0.378 e. The molecule has 124 valence electrons. The number of benzene rings is 1. The van der Waals surface area contributed by atoms with Crippen molar-refractivity contribution in [3.05, 3.63) is 40.6 Å². The summed E-state index contributed by atoms with van der Waals surface area (Å²) in [5.41, 5.74) is 1.96. The van der Waals surface area contributed by atoms with Gasteiger partial charge in [-0.1, -0.05) is 29.3 Å². The van der Waals surface area contributed by atoms with E-state index in [-0.39, 0.29) is 0 Å². The first-order valence-corrected chi connectivity index (χ1v) is 9.07. The van der Waals surface area contributed by atoms with E-state index in [4.69, 9.17) is 27.9 Å². The monoisotopic (exact) mass is 380 g/mol. The van der Waals surface area contributed by atoms with Crippen LogP contribution in [0.4, 0.5) is 5.00 Å². The van der Waals surface area contributed by atoms with E-state index in [9.17, 15) is 0 Å². The van der Waals surface area contributed by atoms with Crippen LogP contribution < -0.4 is 4.90 Å². The zero-order valence-electron chi connectivity index (χ0n) is 12.6. The number of rotatable bonds is 3. The molecule has 4 rings (SSSR count). The summed E-state index contributed by atoms with van der Waals surface area (Å²) in [6.07, 6.45) is 1.51. The number of aromatic amines is 1. The molecule has 1 aliphatic heterocycles. The van der Waals surface area contributed by atoms with Gasteiger partial charge in [0.2, 0.25) is 0 Å². The second-order valence-corrected chi connectivity index (χ2v) is 7.26. The largest absolute Gasteiger partial charge is 0.378 e. The molecule has 0 unspecified atom stereocenters. The Kier molecular flexibility index (Phi) is 4.45. The van der Waals surface area contributed by atoms with Gasteiger partial charge in [-0.25, -0.2) is 4.98 Å². The Balaban J connectivity index is 1.83. The van der Waals surface area contributed by atoms with Crippen LogP contribution in [-0.4, -0.2) is 41.5 Å². The zero-order valence-corrected chi connectivity index (χ0v) is 15.0. The molecule has 0 bridgehead atoms. The normalized spacial score (nSPS) is 15.0. The van der Waals surface area contributed by atoms with E-state index in [2.05, 4.69) is 26.1 Å². The molecule has 0 radical (unpaired) electrons. The molecule has 8 heteroatoms. The summed E-state index contributed by atoms with van der Waals surface area (Å²) in [6, 6.07) is 7.70. The lowest BCUT2D eigenvalue weighted by atomic mass is 10.1. The first-order valence-electron chi connectivity index (χ1n) is 7.50. The number of morpholine rings is 1. The maximum absolute atomic E-state index is 6.43. The highest BCUT2D eigenvalue weighted by atomic mass is 35.5. The number of nitrogens with one attached hydrogen (secondary N) is 1. The van der Waals surface area contributed by atoms with Gasteiger partial charge in [0.1, 0.15) is 6.33 Å². The Bertz CT molecular complexity index is 844. The van der Waals surface area contributed by atoms with Crippen LogP contribution in [-0.2, 0) is 4.74 Å². The van der Waals surface area contributed by atoms with Crippen LogP contribution in [0, 0.1) is 0 Å². The van der Waals surface area contributed by atoms with E-state index in [0.29, 0.717) is 10.0 Å². The lowest BCUT2D eigenvalue weighted by Gasteiger charge is -2.27. The fraction of sp³-hybridized carbons (Fsp3) is 0.250. The van der Waals surface area contributed by atoms with Crippen molar-refractivity contribution in [2.24, 2.45) is 0 Å². The summed E-state index contributed by atoms with van der Waals surface area (Å²) in [4.78, 5) is 7.64. The summed E-state index contributed by atoms with van der Waals surface area (Å²) >= 11 is 14.1. The molecule has 5 nitrogen and oxygen atoms in total. The van der Waals surface area contributed by atoms with Crippen LogP contribution >= 0.6 is 34.5 Å². The smallest absolute Gasteiger partial charge is 0.166 e. The van der Waals surface area contributed by atoms with E-state index >= 15 is 0 Å². The van der Waals surface area contributed by atoms with Gasteiger partial charge >= 0.3 is 0 Å². The van der Waals surface area contributed by atoms with E-state index in [1.165, 1.54) is 11.3 Å². The highest BCUT2D eigenvalue weighted by Crippen LogP contribution is 2.44. The molecule has 1 aromatic carbocycles.